The van der Waals surface area contributed by atoms with Gasteiger partial charge in [0.2, 0.25) is 11.8 Å². The number of rotatable bonds is 4. The van der Waals surface area contributed by atoms with Gasteiger partial charge in [-0.25, -0.2) is 0 Å². The van der Waals surface area contributed by atoms with Gasteiger partial charge in [-0.05, 0) is 39.1 Å². The Hall–Kier alpha value is -1.59. The number of anilines is 1. The highest BCUT2D eigenvalue weighted by molar-refractivity contribution is 6.34. The summed E-state index contributed by atoms with van der Waals surface area (Å²) in [5, 5.41) is 5.87. The van der Waals surface area contributed by atoms with Crippen LogP contribution in [0, 0.1) is 0 Å². The number of halogens is 1. The van der Waals surface area contributed by atoms with E-state index in [-0.39, 0.29) is 11.5 Å². The van der Waals surface area contributed by atoms with Gasteiger partial charge in [-0.15, -0.1) is 0 Å². The summed E-state index contributed by atoms with van der Waals surface area (Å²) >= 11 is 5.95. The fourth-order valence-electron chi connectivity index (χ4n) is 1.17. The number of carbonyl (C=O) groups excluding carboxylic acids is 2. The minimum Gasteiger partial charge on any atom is -0.366 e. The lowest BCUT2D eigenvalue weighted by molar-refractivity contribution is -0.121. The highest BCUT2D eigenvalue weighted by atomic mass is 35.5. The normalized spacial score (nSPS) is 11.1. The van der Waals surface area contributed by atoms with Gasteiger partial charge in [0.25, 0.3) is 0 Å². The van der Waals surface area contributed by atoms with Crippen LogP contribution < -0.4 is 16.4 Å². The Morgan fingerprint density at radius 3 is 2.44 bits per heavy atom. The maximum atomic E-state index is 12.0. The van der Waals surface area contributed by atoms with E-state index in [4.69, 9.17) is 17.3 Å². The van der Waals surface area contributed by atoms with Gasteiger partial charge < -0.3 is 16.4 Å². The number of likely N-dealkylation sites (N-methyl/N-ethyl adjacent to an activating group) is 1. The van der Waals surface area contributed by atoms with E-state index in [1.165, 1.54) is 18.2 Å². The number of nitrogens with two attached hydrogens (primary N) is 1. The Labute approximate surface area is 111 Å². The van der Waals surface area contributed by atoms with Crippen LogP contribution in [0.2, 0.25) is 5.02 Å². The Morgan fingerprint density at radius 1 is 1.33 bits per heavy atom. The highest BCUT2D eigenvalue weighted by Crippen LogP contribution is 2.23. The molecule has 6 heteroatoms. The Morgan fingerprint density at radius 2 is 1.94 bits per heavy atom. The zero-order valence-corrected chi connectivity index (χ0v) is 11.3. The maximum Gasteiger partial charge on any atom is 0.248 e. The molecule has 4 N–H and O–H groups in total. The lowest BCUT2D eigenvalue weighted by Gasteiger charge is -2.23. The van der Waals surface area contributed by atoms with E-state index in [0.717, 1.165) is 0 Å². The summed E-state index contributed by atoms with van der Waals surface area (Å²) < 4.78 is 0. The fourth-order valence-corrected chi connectivity index (χ4v) is 1.33. The predicted molar refractivity (Wildman–Crippen MR) is 71.7 cm³/mol. The molecule has 0 aromatic heterocycles. The average Bonchev–Trinajstić information content (AvgIpc) is 2.31. The van der Waals surface area contributed by atoms with Crippen LogP contribution in [0.4, 0.5) is 5.69 Å². The molecule has 0 radical (unpaired) electrons. The number of hydrogen-bond donors (Lipinski definition) is 3. The summed E-state index contributed by atoms with van der Waals surface area (Å²) in [5.41, 5.74) is 5.08. The minimum absolute atomic E-state index is 0.256. The van der Waals surface area contributed by atoms with Gasteiger partial charge in [-0.2, -0.15) is 0 Å². The van der Waals surface area contributed by atoms with Crippen molar-refractivity contribution in [3.63, 3.8) is 0 Å². The molecule has 1 rings (SSSR count). The maximum absolute atomic E-state index is 12.0. The van der Waals surface area contributed by atoms with Crippen LogP contribution in [-0.4, -0.2) is 24.4 Å². The van der Waals surface area contributed by atoms with Crippen molar-refractivity contribution in [2.45, 2.75) is 19.4 Å². The Balaban J connectivity index is 3.01. The molecule has 2 amide bonds. The molecule has 0 unspecified atom stereocenters. The molecule has 1 aromatic carbocycles. The molecule has 0 spiro atoms. The minimum atomic E-state index is -0.744. The van der Waals surface area contributed by atoms with Crippen molar-refractivity contribution >= 4 is 29.1 Å². The molecule has 0 aliphatic heterocycles. The first-order chi connectivity index (χ1) is 8.27. The molecule has 0 heterocycles. The van der Waals surface area contributed by atoms with Gasteiger partial charge in [0.15, 0.2) is 0 Å². The van der Waals surface area contributed by atoms with Crippen molar-refractivity contribution in [1.29, 1.82) is 0 Å². The second kappa shape index (κ2) is 5.37. The van der Waals surface area contributed by atoms with Crippen molar-refractivity contribution < 1.29 is 9.59 Å². The second-order valence-electron chi connectivity index (χ2n) is 4.39. The molecule has 0 atom stereocenters. The van der Waals surface area contributed by atoms with Gasteiger partial charge in [0.1, 0.15) is 0 Å². The largest absolute Gasteiger partial charge is 0.366 e. The summed E-state index contributed by atoms with van der Waals surface area (Å²) in [6, 6.07) is 4.47. The Kier molecular flexibility index (Phi) is 4.32. The SMILES string of the molecule is CNC(C)(C)C(=O)Nc1cc(C(N)=O)ccc1Cl. The number of carbonyl (C=O) groups is 2. The van der Waals surface area contributed by atoms with Gasteiger partial charge in [-0.1, -0.05) is 11.6 Å². The van der Waals surface area contributed by atoms with Gasteiger partial charge in [0.05, 0.1) is 16.2 Å². The first-order valence-corrected chi connectivity index (χ1v) is 5.75. The summed E-state index contributed by atoms with van der Waals surface area (Å²) in [4.78, 5) is 23.0. The third-order valence-corrected chi connectivity index (χ3v) is 3.02. The van der Waals surface area contributed by atoms with Gasteiger partial charge in [-0.3, -0.25) is 9.59 Å². The van der Waals surface area contributed by atoms with Crippen molar-refractivity contribution in [3.8, 4) is 0 Å². The Bertz CT molecular complexity index is 486. The molecule has 0 saturated heterocycles. The lowest BCUT2D eigenvalue weighted by Crippen LogP contribution is -2.47. The van der Waals surface area contributed by atoms with Crippen LogP contribution in [0.25, 0.3) is 0 Å². The molecule has 0 aliphatic carbocycles. The standard InChI is InChI=1S/C12H16ClN3O2/c1-12(2,15-3)11(18)16-9-6-7(10(14)17)4-5-8(9)13/h4-6,15H,1-3H3,(H2,14,17)(H,16,18). The van der Waals surface area contributed by atoms with Gasteiger partial charge >= 0.3 is 0 Å². The number of amides is 2. The van der Waals surface area contributed by atoms with Crippen LogP contribution in [-0.2, 0) is 4.79 Å². The van der Waals surface area contributed by atoms with E-state index in [1.54, 1.807) is 20.9 Å². The molecular weight excluding hydrogens is 254 g/mol. The predicted octanol–water partition coefficient (Wildman–Crippen LogP) is 1.38. The van der Waals surface area contributed by atoms with Gasteiger partial charge in [0, 0.05) is 5.56 Å². The zero-order valence-electron chi connectivity index (χ0n) is 10.5. The van der Waals surface area contributed by atoms with Crippen molar-refractivity contribution in [3.05, 3.63) is 28.8 Å². The zero-order chi connectivity index (χ0) is 13.9. The molecule has 0 fully saturated rings. The summed E-state index contributed by atoms with van der Waals surface area (Å²) in [7, 11) is 1.68. The number of primary amides is 1. The molecule has 18 heavy (non-hydrogen) atoms. The highest BCUT2D eigenvalue weighted by Gasteiger charge is 2.25. The number of nitrogens with one attached hydrogen (secondary N) is 2. The van der Waals surface area contributed by atoms with E-state index < -0.39 is 11.4 Å². The van der Waals surface area contributed by atoms with Crippen molar-refractivity contribution in [2.24, 2.45) is 5.73 Å². The summed E-state index contributed by atoms with van der Waals surface area (Å²) in [6.45, 7) is 3.46. The quantitative estimate of drug-likeness (QED) is 0.772. The van der Waals surface area contributed by atoms with Crippen LogP contribution >= 0.6 is 11.6 Å². The van der Waals surface area contributed by atoms with Crippen molar-refractivity contribution in [1.82, 2.24) is 5.32 Å². The van der Waals surface area contributed by atoms with E-state index in [0.29, 0.717) is 10.7 Å². The smallest absolute Gasteiger partial charge is 0.248 e. The van der Waals surface area contributed by atoms with Crippen molar-refractivity contribution in [2.75, 3.05) is 12.4 Å². The van der Waals surface area contributed by atoms with Crippen LogP contribution in [0.1, 0.15) is 24.2 Å². The second-order valence-corrected chi connectivity index (χ2v) is 4.80. The number of benzene rings is 1. The number of hydrogen-bond acceptors (Lipinski definition) is 3. The molecular formula is C12H16ClN3O2. The topological polar surface area (TPSA) is 84.2 Å². The molecule has 98 valence electrons. The van der Waals surface area contributed by atoms with E-state index in [2.05, 4.69) is 10.6 Å². The van der Waals surface area contributed by atoms with Crippen LogP contribution in [0.15, 0.2) is 18.2 Å². The van der Waals surface area contributed by atoms with E-state index >= 15 is 0 Å². The molecule has 1 aromatic rings. The molecule has 0 aliphatic rings. The fraction of sp³-hybridized carbons (Fsp3) is 0.333. The first kappa shape index (κ1) is 14.5. The molecule has 0 bridgehead atoms. The van der Waals surface area contributed by atoms with Crippen LogP contribution in [0.3, 0.4) is 0 Å². The van der Waals surface area contributed by atoms with E-state index in [9.17, 15) is 9.59 Å². The lowest BCUT2D eigenvalue weighted by atomic mass is 10.0. The third-order valence-electron chi connectivity index (χ3n) is 2.69. The van der Waals surface area contributed by atoms with Crippen LogP contribution in [0.5, 0.6) is 0 Å². The molecule has 0 saturated carbocycles. The third kappa shape index (κ3) is 3.21. The average molecular weight is 270 g/mol. The monoisotopic (exact) mass is 269 g/mol. The van der Waals surface area contributed by atoms with E-state index in [1.807, 2.05) is 0 Å². The first-order valence-electron chi connectivity index (χ1n) is 5.37. The summed E-state index contributed by atoms with van der Waals surface area (Å²) in [6.07, 6.45) is 0. The summed E-state index contributed by atoms with van der Waals surface area (Å²) in [5.74, 6) is -0.830. The molecule has 5 nitrogen and oxygen atoms in total.